The van der Waals surface area contributed by atoms with Crippen LogP contribution in [0.5, 0.6) is 5.75 Å². The van der Waals surface area contributed by atoms with Crippen molar-refractivity contribution in [3.05, 3.63) is 87.9 Å². The molecule has 0 bridgehead atoms. The Hall–Kier alpha value is -3.14. The number of carbonyl (C=O) groups is 1. The second-order valence-electron chi connectivity index (χ2n) is 6.77. The summed E-state index contributed by atoms with van der Waals surface area (Å²) in [6, 6.07) is 22.0. The maximum Gasteiger partial charge on any atom is 0.250 e. The van der Waals surface area contributed by atoms with Crippen molar-refractivity contribution >= 4 is 51.4 Å². The highest BCUT2D eigenvalue weighted by Crippen LogP contribution is 2.28. The highest BCUT2D eigenvalue weighted by Gasteiger charge is 2.17. The number of thioether (sulfide) groups is 1. The number of para-hydroxylation sites is 1. The summed E-state index contributed by atoms with van der Waals surface area (Å²) in [6.45, 7) is 0. The van der Waals surface area contributed by atoms with E-state index in [1.165, 1.54) is 24.0 Å². The van der Waals surface area contributed by atoms with Gasteiger partial charge < -0.3 is 5.11 Å². The fraction of sp³-hybridized carbons (Fsp3) is 0.0435. The number of rotatable bonds is 7. The zero-order valence-electron chi connectivity index (χ0n) is 17.0. The maximum atomic E-state index is 12.3. The fourth-order valence-electron chi connectivity index (χ4n) is 2.92. The zero-order valence-corrected chi connectivity index (χ0v) is 20.2. The normalized spacial score (nSPS) is 11.1. The van der Waals surface area contributed by atoms with Crippen LogP contribution < -0.4 is 5.43 Å². The monoisotopic (exact) mass is 541 g/mol. The van der Waals surface area contributed by atoms with Gasteiger partial charge in [-0.2, -0.15) is 5.10 Å². The Bertz CT molecular complexity index is 1300. The van der Waals surface area contributed by atoms with Crippen molar-refractivity contribution in [1.82, 2.24) is 20.2 Å². The summed E-state index contributed by atoms with van der Waals surface area (Å²) in [5, 5.41) is 23.6. The standard InChI is InChI=1S/C23H17BrClN5O2S/c24-17-8-11-20(31)16(12-17)13-26-27-21(32)14-33-23-29-28-22(15-6-9-18(25)10-7-15)30(23)19-4-2-1-3-5-19/h1-13,31H,14H2,(H,27,32). The fourth-order valence-corrected chi connectivity index (χ4v) is 4.17. The summed E-state index contributed by atoms with van der Waals surface area (Å²) in [5.41, 5.74) is 4.67. The molecular weight excluding hydrogens is 526 g/mol. The average Bonchev–Trinajstić information content (AvgIpc) is 3.25. The Balaban J connectivity index is 1.50. The first kappa shape index (κ1) is 23.0. The second kappa shape index (κ2) is 10.7. The van der Waals surface area contributed by atoms with E-state index >= 15 is 0 Å². The van der Waals surface area contributed by atoms with Crippen LogP contribution in [-0.4, -0.2) is 37.7 Å². The van der Waals surface area contributed by atoms with Gasteiger partial charge in [-0.1, -0.05) is 57.5 Å². The SMILES string of the molecule is O=C(CSc1nnc(-c2ccc(Cl)cc2)n1-c1ccccc1)NN=Cc1cc(Br)ccc1O. The topological polar surface area (TPSA) is 92.4 Å². The Morgan fingerprint density at radius 1 is 1.12 bits per heavy atom. The lowest BCUT2D eigenvalue weighted by Crippen LogP contribution is -2.20. The first-order valence-corrected chi connectivity index (χ1v) is 11.9. The van der Waals surface area contributed by atoms with Gasteiger partial charge in [-0.3, -0.25) is 9.36 Å². The highest BCUT2D eigenvalue weighted by atomic mass is 79.9. The predicted octanol–water partition coefficient (Wildman–Crippen LogP) is 5.30. The van der Waals surface area contributed by atoms with E-state index in [1.807, 2.05) is 47.0 Å². The first-order chi connectivity index (χ1) is 16.0. The van der Waals surface area contributed by atoms with Crippen molar-refractivity contribution in [2.45, 2.75) is 5.16 Å². The number of amides is 1. The number of phenolic OH excluding ortho intramolecular Hbond substituents is 1. The average molecular weight is 543 g/mol. The van der Waals surface area contributed by atoms with Crippen LogP contribution in [0.3, 0.4) is 0 Å². The number of aromatic nitrogens is 3. The van der Waals surface area contributed by atoms with E-state index in [1.54, 1.807) is 24.3 Å². The summed E-state index contributed by atoms with van der Waals surface area (Å²) < 4.78 is 2.68. The Kier molecular flexibility index (Phi) is 7.43. The summed E-state index contributed by atoms with van der Waals surface area (Å²) in [6.07, 6.45) is 1.38. The van der Waals surface area contributed by atoms with Gasteiger partial charge in [-0.15, -0.1) is 10.2 Å². The molecule has 2 N–H and O–H groups in total. The Morgan fingerprint density at radius 2 is 1.88 bits per heavy atom. The number of halogens is 2. The molecule has 1 aromatic heterocycles. The molecule has 0 spiro atoms. The molecule has 4 aromatic rings. The van der Waals surface area contributed by atoms with Gasteiger partial charge in [0.2, 0.25) is 0 Å². The molecule has 0 aliphatic carbocycles. The molecule has 0 aliphatic rings. The number of aromatic hydroxyl groups is 1. The number of hydrogen-bond donors (Lipinski definition) is 2. The molecular formula is C23H17BrClN5O2S. The quantitative estimate of drug-likeness (QED) is 0.188. The molecule has 0 radical (unpaired) electrons. The molecule has 0 atom stereocenters. The second-order valence-corrected chi connectivity index (χ2v) is 9.06. The van der Waals surface area contributed by atoms with Crippen LogP contribution in [0, 0.1) is 0 Å². The lowest BCUT2D eigenvalue weighted by atomic mass is 10.2. The number of hydrazone groups is 1. The largest absolute Gasteiger partial charge is 0.507 e. The number of benzene rings is 3. The molecule has 0 fully saturated rings. The number of phenols is 1. The van der Waals surface area contributed by atoms with Gasteiger partial charge in [0.1, 0.15) is 5.75 Å². The number of carbonyl (C=O) groups excluding carboxylic acids is 1. The minimum absolute atomic E-state index is 0.0660. The molecule has 166 valence electrons. The first-order valence-electron chi connectivity index (χ1n) is 9.71. The van der Waals surface area contributed by atoms with Crippen LogP contribution in [-0.2, 0) is 4.79 Å². The molecule has 10 heteroatoms. The predicted molar refractivity (Wildman–Crippen MR) is 134 cm³/mol. The maximum absolute atomic E-state index is 12.3. The lowest BCUT2D eigenvalue weighted by molar-refractivity contribution is -0.118. The van der Waals surface area contributed by atoms with E-state index < -0.39 is 0 Å². The molecule has 1 heterocycles. The molecule has 1 amide bonds. The zero-order chi connectivity index (χ0) is 23.2. The number of nitrogens with one attached hydrogen (secondary N) is 1. The molecule has 7 nitrogen and oxygen atoms in total. The summed E-state index contributed by atoms with van der Waals surface area (Å²) in [4.78, 5) is 12.3. The molecule has 4 rings (SSSR count). The van der Waals surface area contributed by atoms with Gasteiger partial charge in [0.15, 0.2) is 11.0 Å². The van der Waals surface area contributed by atoms with Crippen LogP contribution in [0.15, 0.2) is 87.5 Å². The summed E-state index contributed by atoms with van der Waals surface area (Å²) in [7, 11) is 0. The third-order valence-corrected chi connectivity index (χ3v) is 6.14. The van der Waals surface area contributed by atoms with Crippen LogP contribution in [0.25, 0.3) is 17.1 Å². The van der Waals surface area contributed by atoms with E-state index in [-0.39, 0.29) is 17.4 Å². The highest BCUT2D eigenvalue weighted by molar-refractivity contribution is 9.10. The van der Waals surface area contributed by atoms with Gasteiger partial charge in [0.25, 0.3) is 5.91 Å². The van der Waals surface area contributed by atoms with Crippen LogP contribution in [0.4, 0.5) is 0 Å². The van der Waals surface area contributed by atoms with E-state index in [0.717, 1.165) is 15.7 Å². The minimum Gasteiger partial charge on any atom is -0.507 e. The molecule has 0 saturated carbocycles. The van der Waals surface area contributed by atoms with Crippen LogP contribution >= 0.6 is 39.3 Å². The van der Waals surface area contributed by atoms with Gasteiger partial charge in [-0.25, -0.2) is 5.43 Å². The van der Waals surface area contributed by atoms with Crippen LogP contribution in [0.1, 0.15) is 5.56 Å². The Morgan fingerprint density at radius 3 is 2.64 bits per heavy atom. The molecule has 0 unspecified atom stereocenters. The number of hydrogen-bond acceptors (Lipinski definition) is 6. The van der Waals surface area contributed by atoms with E-state index in [4.69, 9.17) is 11.6 Å². The van der Waals surface area contributed by atoms with Crippen molar-refractivity contribution in [1.29, 1.82) is 0 Å². The molecule has 3 aromatic carbocycles. The van der Waals surface area contributed by atoms with Crippen molar-refractivity contribution in [2.75, 3.05) is 5.75 Å². The molecule has 33 heavy (non-hydrogen) atoms. The van der Waals surface area contributed by atoms with Crippen LogP contribution in [0.2, 0.25) is 5.02 Å². The van der Waals surface area contributed by atoms with Crippen molar-refractivity contribution in [3.8, 4) is 22.8 Å². The minimum atomic E-state index is -0.318. The van der Waals surface area contributed by atoms with Gasteiger partial charge in [0.05, 0.1) is 12.0 Å². The van der Waals surface area contributed by atoms with E-state index in [0.29, 0.717) is 21.6 Å². The van der Waals surface area contributed by atoms with E-state index in [9.17, 15) is 9.90 Å². The smallest absolute Gasteiger partial charge is 0.250 e. The van der Waals surface area contributed by atoms with Gasteiger partial charge in [-0.05, 0) is 54.6 Å². The van der Waals surface area contributed by atoms with Crippen molar-refractivity contribution in [2.24, 2.45) is 5.10 Å². The van der Waals surface area contributed by atoms with Gasteiger partial charge in [0, 0.05) is 26.3 Å². The van der Waals surface area contributed by atoms with Crippen molar-refractivity contribution in [3.63, 3.8) is 0 Å². The lowest BCUT2D eigenvalue weighted by Gasteiger charge is -2.10. The van der Waals surface area contributed by atoms with Gasteiger partial charge >= 0.3 is 0 Å². The Labute approximate surface area is 207 Å². The molecule has 0 aliphatic heterocycles. The molecule has 0 saturated heterocycles. The van der Waals surface area contributed by atoms with Crippen molar-refractivity contribution < 1.29 is 9.90 Å². The summed E-state index contributed by atoms with van der Waals surface area (Å²) >= 11 is 10.6. The third kappa shape index (κ3) is 5.81. The summed E-state index contributed by atoms with van der Waals surface area (Å²) in [5.74, 6) is 0.467. The number of nitrogens with zero attached hydrogens (tertiary/aromatic N) is 4. The third-order valence-electron chi connectivity index (χ3n) is 4.46. The van der Waals surface area contributed by atoms with E-state index in [2.05, 4.69) is 36.7 Å².